The van der Waals surface area contributed by atoms with Crippen LogP contribution in [-0.2, 0) is 6.42 Å². The molecule has 4 nitrogen and oxygen atoms in total. The number of nitro groups is 1. The van der Waals surface area contributed by atoms with Gasteiger partial charge in [0, 0.05) is 12.1 Å². The van der Waals surface area contributed by atoms with Crippen LogP contribution in [0.4, 0.5) is 5.69 Å². The first-order valence-corrected chi connectivity index (χ1v) is 7.14. The van der Waals surface area contributed by atoms with Crippen LogP contribution in [0.25, 0.3) is 0 Å². The summed E-state index contributed by atoms with van der Waals surface area (Å²) in [5.74, 6) is 0.820. The van der Waals surface area contributed by atoms with E-state index in [0.29, 0.717) is 13.0 Å². The van der Waals surface area contributed by atoms with Crippen molar-refractivity contribution in [3.63, 3.8) is 0 Å². The van der Waals surface area contributed by atoms with Gasteiger partial charge in [0.15, 0.2) is 0 Å². The first-order valence-electron chi connectivity index (χ1n) is 6.70. The Bertz CT molecular complexity index is 596. The maximum Gasteiger partial charge on any atom is 0.269 e. The summed E-state index contributed by atoms with van der Waals surface area (Å²) in [6.07, 6.45) is 0.619. The highest BCUT2D eigenvalue weighted by Crippen LogP contribution is 2.27. The Morgan fingerprint density at radius 1 is 1.14 bits per heavy atom. The van der Waals surface area contributed by atoms with Gasteiger partial charge in [0.05, 0.1) is 16.9 Å². The number of rotatable bonds is 6. The molecular formula is C16H16ClNO3. The quantitative estimate of drug-likeness (QED) is 0.448. The smallest absolute Gasteiger partial charge is 0.269 e. The van der Waals surface area contributed by atoms with E-state index < -0.39 is 4.92 Å². The van der Waals surface area contributed by atoms with E-state index in [-0.39, 0.29) is 11.1 Å². The van der Waals surface area contributed by atoms with Crippen molar-refractivity contribution in [3.8, 4) is 5.75 Å². The maximum absolute atomic E-state index is 10.6. The molecule has 2 aromatic rings. The summed E-state index contributed by atoms with van der Waals surface area (Å²) >= 11 is 6.40. The first kappa shape index (κ1) is 15.3. The molecule has 2 aromatic carbocycles. The lowest BCUT2D eigenvalue weighted by Crippen LogP contribution is -1.97. The van der Waals surface area contributed by atoms with Gasteiger partial charge in [-0.2, -0.15) is 0 Å². The summed E-state index contributed by atoms with van der Waals surface area (Å²) in [5.41, 5.74) is 2.05. The highest BCUT2D eigenvalue weighted by molar-refractivity contribution is 6.20. The van der Waals surface area contributed by atoms with Crippen molar-refractivity contribution >= 4 is 17.3 Å². The van der Waals surface area contributed by atoms with Crippen molar-refractivity contribution in [2.75, 3.05) is 6.61 Å². The van der Waals surface area contributed by atoms with Gasteiger partial charge in [0.2, 0.25) is 0 Å². The molecule has 0 N–H and O–H groups in total. The number of benzene rings is 2. The summed E-state index contributed by atoms with van der Waals surface area (Å²) in [4.78, 5) is 10.2. The second-order valence-electron chi connectivity index (χ2n) is 4.60. The Hall–Kier alpha value is -2.07. The SMILES string of the molecule is CCOc1ccc(C(Cl)Cc2ccc([N+](=O)[O-])cc2)cc1. The van der Waals surface area contributed by atoms with E-state index in [1.807, 2.05) is 31.2 Å². The van der Waals surface area contributed by atoms with Gasteiger partial charge in [-0.1, -0.05) is 24.3 Å². The number of halogens is 1. The second-order valence-corrected chi connectivity index (χ2v) is 5.12. The number of non-ortho nitro benzene ring substituents is 1. The fourth-order valence-corrected chi connectivity index (χ4v) is 2.34. The van der Waals surface area contributed by atoms with E-state index in [9.17, 15) is 10.1 Å². The Morgan fingerprint density at radius 2 is 1.76 bits per heavy atom. The third kappa shape index (κ3) is 4.20. The molecule has 0 bridgehead atoms. The average Bonchev–Trinajstić information content (AvgIpc) is 2.49. The zero-order chi connectivity index (χ0) is 15.2. The molecule has 2 rings (SSSR count). The van der Waals surface area contributed by atoms with Crippen LogP contribution >= 0.6 is 11.6 Å². The van der Waals surface area contributed by atoms with Crippen molar-refractivity contribution in [2.45, 2.75) is 18.7 Å². The summed E-state index contributed by atoms with van der Waals surface area (Å²) in [6, 6.07) is 14.1. The maximum atomic E-state index is 10.6. The molecule has 110 valence electrons. The number of hydrogen-bond donors (Lipinski definition) is 0. The summed E-state index contributed by atoms with van der Waals surface area (Å²) in [7, 11) is 0. The second kappa shape index (κ2) is 7.09. The zero-order valence-corrected chi connectivity index (χ0v) is 12.4. The average molecular weight is 306 g/mol. The summed E-state index contributed by atoms with van der Waals surface area (Å²) in [5, 5.41) is 10.4. The lowest BCUT2D eigenvalue weighted by Gasteiger charge is -2.11. The van der Waals surface area contributed by atoms with E-state index in [0.717, 1.165) is 16.9 Å². The van der Waals surface area contributed by atoms with Crippen LogP contribution in [0, 0.1) is 10.1 Å². The summed E-state index contributed by atoms with van der Waals surface area (Å²) in [6.45, 7) is 2.57. The van der Waals surface area contributed by atoms with Gasteiger partial charge in [-0.25, -0.2) is 0 Å². The molecule has 5 heteroatoms. The van der Waals surface area contributed by atoms with Gasteiger partial charge >= 0.3 is 0 Å². The van der Waals surface area contributed by atoms with E-state index in [2.05, 4.69) is 0 Å². The Balaban J connectivity index is 2.03. The molecule has 0 fully saturated rings. The lowest BCUT2D eigenvalue weighted by atomic mass is 10.0. The van der Waals surface area contributed by atoms with Gasteiger partial charge in [0.25, 0.3) is 5.69 Å². The van der Waals surface area contributed by atoms with Crippen LogP contribution in [0.15, 0.2) is 48.5 Å². The Kier molecular flexibility index (Phi) is 5.17. The van der Waals surface area contributed by atoms with Crippen LogP contribution in [0.5, 0.6) is 5.75 Å². The molecule has 0 amide bonds. The molecule has 0 radical (unpaired) electrons. The topological polar surface area (TPSA) is 52.4 Å². The van der Waals surface area contributed by atoms with E-state index in [4.69, 9.17) is 16.3 Å². The molecule has 0 aromatic heterocycles. The molecule has 1 unspecified atom stereocenters. The number of alkyl halides is 1. The lowest BCUT2D eigenvalue weighted by molar-refractivity contribution is -0.384. The fraction of sp³-hybridized carbons (Fsp3) is 0.250. The zero-order valence-electron chi connectivity index (χ0n) is 11.7. The number of hydrogen-bond acceptors (Lipinski definition) is 3. The van der Waals surface area contributed by atoms with E-state index in [1.165, 1.54) is 12.1 Å². The normalized spacial score (nSPS) is 11.9. The molecule has 0 heterocycles. The summed E-state index contributed by atoms with van der Waals surface area (Å²) < 4.78 is 5.39. The minimum atomic E-state index is -0.408. The number of nitro benzene ring substituents is 1. The van der Waals surface area contributed by atoms with Gasteiger partial charge in [-0.3, -0.25) is 10.1 Å². The van der Waals surface area contributed by atoms with E-state index in [1.54, 1.807) is 12.1 Å². The standard InChI is InChI=1S/C16H16ClNO3/c1-2-21-15-9-5-13(6-10-15)16(17)11-12-3-7-14(8-4-12)18(19)20/h3-10,16H,2,11H2,1H3. The minimum absolute atomic E-state index is 0.0888. The highest BCUT2D eigenvalue weighted by Gasteiger charge is 2.11. The molecular weight excluding hydrogens is 290 g/mol. The molecule has 0 aliphatic heterocycles. The van der Waals surface area contributed by atoms with Crippen molar-refractivity contribution in [1.29, 1.82) is 0 Å². The van der Waals surface area contributed by atoms with Crippen LogP contribution in [0.2, 0.25) is 0 Å². The van der Waals surface area contributed by atoms with E-state index >= 15 is 0 Å². The highest BCUT2D eigenvalue weighted by atomic mass is 35.5. The molecule has 0 saturated carbocycles. The molecule has 0 saturated heterocycles. The first-order chi connectivity index (χ1) is 10.1. The van der Waals surface area contributed by atoms with Gasteiger partial charge < -0.3 is 4.74 Å². The van der Waals surface area contributed by atoms with Crippen molar-refractivity contribution in [2.24, 2.45) is 0 Å². The largest absolute Gasteiger partial charge is 0.494 e. The van der Waals surface area contributed by atoms with Crippen molar-refractivity contribution in [3.05, 3.63) is 69.8 Å². The van der Waals surface area contributed by atoms with Crippen LogP contribution in [0.1, 0.15) is 23.4 Å². The van der Waals surface area contributed by atoms with Crippen molar-refractivity contribution < 1.29 is 9.66 Å². The third-order valence-corrected chi connectivity index (χ3v) is 3.52. The molecule has 0 aliphatic carbocycles. The molecule has 21 heavy (non-hydrogen) atoms. The van der Waals surface area contributed by atoms with Gasteiger partial charge in [-0.05, 0) is 36.6 Å². The third-order valence-electron chi connectivity index (χ3n) is 3.11. The van der Waals surface area contributed by atoms with Gasteiger partial charge in [-0.15, -0.1) is 11.6 Å². The Morgan fingerprint density at radius 3 is 2.29 bits per heavy atom. The van der Waals surface area contributed by atoms with Crippen LogP contribution in [0.3, 0.4) is 0 Å². The predicted octanol–water partition coefficient (Wildman–Crippen LogP) is 4.52. The molecule has 0 spiro atoms. The predicted molar refractivity (Wildman–Crippen MR) is 83.0 cm³/mol. The number of nitrogens with zero attached hydrogens (tertiary/aromatic N) is 1. The number of ether oxygens (including phenoxy) is 1. The van der Waals surface area contributed by atoms with Crippen LogP contribution in [-0.4, -0.2) is 11.5 Å². The fourth-order valence-electron chi connectivity index (χ4n) is 2.02. The van der Waals surface area contributed by atoms with Gasteiger partial charge in [0.1, 0.15) is 5.75 Å². The Labute approximate surface area is 128 Å². The van der Waals surface area contributed by atoms with Crippen molar-refractivity contribution in [1.82, 2.24) is 0 Å². The molecule has 1 atom stereocenters. The monoisotopic (exact) mass is 305 g/mol. The minimum Gasteiger partial charge on any atom is -0.494 e. The van der Waals surface area contributed by atoms with Crippen LogP contribution < -0.4 is 4.74 Å². The molecule has 0 aliphatic rings.